The number of halogens is 2. The third kappa shape index (κ3) is 14.5. The molecule has 4 unspecified atom stereocenters. The Morgan fingerprint density at radius 2 is 0.812 bits per heavy atom. The maximum atomic E-state index is 14.0. The molecule has 8 heterocycles. The molecule has 512 valence electrons. The minimum Gasteiger partial charge on any atom is -0.332 e. The SMILES string of the molecule is CC1(F)CCC(C(=O)N2CC(=O)N3CCc4ccc(F)cc4C3C2)CC1.[2H]C1([2H])C(C(=O)N2CC(=O)N3CCc4ccccc4C3C2)C([2H])([2H])C([2H])([2H])C([2H])(C)C1([2H])[2H].[2H]C1([2H])C([2H])([2H])C([2H])([2H])C([2H])(C(=O)N2CC(=O)N3CCc4ccccc4C3C2)C([2H])([2H])C1([2H])[2H].[2H]C1([2H])CCC(C(=O)N2CC(=O)N3CCc4ccccc4C3C2)CC1. The minimum absolute atomic E-state index is 0.0326. The van der Waals surface area contributed by atoms with Crippen LogP contribution in [-0.2, 0) is 64.0 Å². The maximum absolute atomic E-state index is 14.0. The number of carbonyl (C=O) groups excluding carboxylic acids is 8. The summed E-state index contributed by atoms with van der Waals surface area (Å²) in [5, 5.41) is 0. The van der Waals surface area contributed by atoms with E-state index in [1.54, 1.807) is 49.6 Å². The minimum atomic E-state index is -3.79. The first-order valence-electron chi connectivity index (χ1n) is 44.7. The van der Waals surface area contributed by atoms with Crippen molar-refractivity contribution in [3.05, 3.63) is 141 Å². The van der Waals surface area contributed by atoms with Crippen molar-refractivity contribution in [3.63, 3.8) is 0 Å². The van der Waals surface area contributed by atoms with Crippen molar-refractivity contribution in [1.29, 1.82) is 0 Å². The van der Waals surface area contributed by atoms with Gasteiger partial charge in [-0.1, -0.05) is 124 Å². The van der Waals surface area contributed by atoms with E-state index in [1.807, 2.05) is 53.4 Å². The molecule has 0 spiro atoms. The number of alkyl halides is 1. The summed E-state index contributed by atoms with van der Waals surface area (Å²) in [6, 6.07) is 26.1. The van der Waals surface area contributed by atoms with Crippen LogP contribution in [0.25, 0.3) is 0 Å². The van der Waals surface area contributed by atoms with Gasteiger partial charge in [-0.15, -0.1) is 0 Å². The van der Waals surface area contributed by atoms with Crippen LogP contribution in [0.2, 0.25) is 0 Å². The smallest absolute Gasteiger partial charge is 0.242 e. The number of hydrogen-bond acceptors (Lipinski definition) is 8. The largest absolute Gasteiger partial charge is 0.332 e. The van der Waals surface area contributed by atoms with Crippen molar-refractivity contribution in [2.45, 2.75) is 184 Å². The summed E-state index contributed by atoms with van der Waals surface area (Å²) in [6.07, 6.45) is -26.1. The van der Waals surface area contributed by atoms with Crippen LogP contribution in [0, 0.1) is 35.4 Å². The van der Waals surface area contributed by atoms with Gasteiger partial charge in [0.05, 0.1) is 50.3 Å². The fraction of sp³-hybridized carbons (Fsp3) is 0.590. The summed E-state index contributed by atoms with van der Waals surface area (Å²) in [5.74, 6) is -13.3. The molecule has 0 aromatic heterocycles. The Hall–Kier alpha value is -7.50. The zero-order valence-electron chi connectivity index (χ0n) is 76.3. The summed E-state index contributed by atoms with van der Waals surface area (Å²) >= 11 is 0. The van der Waals surface area contributed by atoms with Crippen LogP contribution in [0.5, 0.6) is 0 Å². The average molecular weight is 1340 g/mol. The van der Waals surface area contributed by atoms with Crippen molar-refractivity contribution in [1.82, 2.24) is 39.2 Å². The molecule has 18 heteroatoms. The van der Waals surface area contributed by atoms with E-state index in [9.17, 15) is 47.1 Å². The van der Waals surface area contributed by atoms with Crippen molar-refractivity contribution in [3.8, 4) is 0 Å². The normalized spacial score (nSPS) is 37.7. The van der Waals surface area contributed by atoms with Gasteiger partial charge in [0.2, 0.25) is 47.3 Å². The molecule has 16 nitrogen and oxygen atoms in total. The Balaban J connectivity index is 0.000000137. The second-order valence-electron chi connectivity index (χ2n) is 27.0. The highest BCUT2D eigenvalue weighted by Crippen LogP contribution is 2.42. The molecule has 4 aromatic carbocycles. The van der Waals surface area contributed by atoms with Gasteiger partial charge in [0, 0.05) is 106 Å². The zero-order valence-corrected chi connectivity index (χ0v) is 54.3. The predicted octanol–water partition coefficient (Wildman–Crippen LogP) is 10.9. The fourth-order valence-electron chi connectivity index (χ4n) is 15.7. The number of rotatable bonds is 4. The lowest BCUT2D eigenvalue weighted by Crippen LogP contribution is -2.57. The lowest BCUT2D eigenvalue weighted by atomic mass is 9.80. The molecule has 16 rings (SSSR count). The summed E-state index contributed by atoms with van der Waals surface area (Å²) < 4.78 is 208. The molecule has 4 aliphatic carbocycles. The summed E-state index contributed by atoms with van der Waals surface area (Å²) in [5.41, 5.74) is 6.64. The number of amides is 8. The zero-order chi connectivity index (χ0) is 86.6. The highest BCUT2D eigenvalue weighted by atomic mass is 19.1. The number of hydrogen-bond donors (Lipinski definition) is 0. The Labute approximate surface area is 596 Å². The number of nitrogens with zero attached hydrogens (tertiary/aromatic N) is 8. The topological polar surface area (TPSA) is 162 Å². The molecule has 12 aliphatic rings. The molecule has 8 fully saturated rings. The highest BCUT2D eigenvalue weighted by molar-refractivity contribution is 5.90. The molecule has 0 N–H and O–H groups in total. The van der Waals surface area contributed by atoms with Crippen LogP contribution in [-0.4, -0.2) is 171 Å². The predicted molar refractivity (Wildman–Crippen MR) is 360 cm³/mol. The molecule has 4 saturated carbocycles. The van der Waals surface area contributed by atoms with Crippen LogP contribution < -0.4 is 0 Å². The van der Waals surface area contributed by atoms with Crippen LogP contribution in [0.3, 0.4) is 0 Å². The van der Waals surface area contributed by atoms with Gasteiger partial charge in [-0.25, -0.2) is 8.78 Å². The Kier molecular flexibility index (Phi) is 13.8. The van der Waals surface area contributed by atoms with Crippen LogP contribution in [0.1, 0.15) is 228 Å². The molecule has 4 atom stereocenters. The average Bonchev–Trinajstić information content (AvgIpc) is 0.662. The standard InChI is InChI=1S/C20H24F2N2O2.C20H26N2O2.2C19H24N2O2/c1-20(22)7-4-14(5-8-20)19(26)23-11-17-16-10-15(21)3-2-13(16)6-9-24(17)18(25)12-23;1-14-6-8-16(9-7-14)20(24)21-12-18-17-5-3-2-4-15(17)10-11-22(18)19(23)13-21;2*22-18-13-20(19(23)15-7-2-1-3-8-15)12-17-16-9-5-4-6-14(16)10-11-21(17)18/h2-3,10,14,17H,4-9,11-12H2,1H3;2-5,14,16,18H,6-13H2,1H3;2*4-6,9,15,17H,1-3,7-8,10-13H2/i;6D2,7D2,8D2,9D2,14D;1D2,2D2,3D2,7D2,8D2,15D;1D2. The first-order chi connectivity index (χ1) is 54.7. The van der Waals surface area contributed by atoms with Gasteiger partial charge >= 0.3 is 0 Å². The summed E-state index contributed by atoms with van der Waals surface area (Å²) in [7, 11) is 0. The van der Waals surface area contributed by atoms with Gasteiger partial charge in [-0.2, -0.15) is 0 Å². The van der Waals surface area contributed by atoms with Gasteiger partial charge in [-0.3, -0.25) is 38.4 Å². The van der Waals surface area contributed by atoms with Crippen LogP contribution in [0.4, 0.5) is 8.78 Å². The number of carbonyl (C=O) groups is 8. The van der Waals surface area contributed by atoms with E-state index < -0.39 is 130 Å². The molecular formula is C78H98F2N8O8. The molecule has 8 amide bonds. The van der Waals surface area contributed by atoms with E-state index in [0.717, 1.165) is 63.1 Å². The molecular weight excluding hydrogens is 1210 g/mol. The molecule has 0 radical (unpaired) electrons. The molecule has 96 heavy (non-hydrogen) atoms. The summed E-state index contributed by atoms with van der Waals surface area (Å²) in [4.78, 5) is 116. The second kappa shape index (κ2) is 29.3. The first kappa shape index (κ1) is 45.2. The van der Waals surface area contributed by atoms with Crippen molar-refractivity contribution in [2.24, 2.45) is 29.5 Å². The monoisotopic (exact) mass is 1330 g/mol. The third-order valence-electron chi connectivity index (χ3n) is 20.9. The van der Waals surface area contributed by atoms with Gasteiger partial charge < -0.3 is 39.2 Å². The second-order valence-corrected chi connectivity index (χ2v) is 27.0. The van der Waals surface area contributed by atoms with E-state index >= 15 is 0 Å². The quantitative estimate of drug-likeness (QED) is 0.195. The molecule has 4 saturated heterocycles. The lowest BCUT2D eigenvalue weighted by molar-refractivity contribution is -0.152. The van der Waals surface area contributed by atoms with E-state index in [2.05, 4.69) is 12.1 Å². The van der Waals surface area contributed by atoms with Crippen molar-refractivity contribution in [2.75, 3.05) is 78.5 Å². The lowest BCUT2D eigenvalue weighted by Gasteiger charge is -2.45. The third-order valence-corrected chi connectivity index (χ3v) is 20.9. The fourth-order valence-corrected chi connectivity index (χ4v) is 15.7. The Morgan fingerprint density at radius 3 is 1.24 bits per heavy atom. The van der Waals surface area contributed by atoms with E-state index in [4.69, 9.17) is 30.2 Å². The number of benzene rings is 4. The van der Waals surface area contributed by atoms with Gasteiger partial charge in [-0.05, 0) is 172 Å². The Bertz CT molecular complexity index is 4590. The highest BCUT2D eigenvalue weighted by Gasteiger charge is 2.46. The molecule has 8 aliphatic heterocycles. The number of fused-ring (bicyclic) bond motifs is 12. The van der Waals surface area contributed by atoms with Gasteiger partial charge in [0.25, 0.3) is 0 Å². The van der Waals surface area contributed by atoms with Crippen LogP contribution in [0.15, 0.2) is 91.0 Å². The van der Waals surface area contributed by atoms with E-state index in [-0.39, 0.29) is 85.5 Å². The van der Waals surface area contributed by atoms with Crippen molar-refractivity contribution < 1.29 is 77.3 Å². The van der Waals surface area contributed by atoms with E-state index in [1.165, 1.54) is 23.3 Å². The van der Waals surface area contributed by atoms with Crippen LogP contribution >= 0.6 is 0 Å². The number of piperazine rings is 4. The Morgan fingerprint density at radius 1 is 0.448 bits per heavy atom. The van der Waals surface area contributed by atoms with Gasteiger partial charge in [0.15, 0.2) is 0 Å². The van der Waals surface area contributed by atoms with Gasteiger partial charge in [0.1, 0.15) is 11.5 Å². The van der Waals surface area contributed by atoms with Crippen molar-refractivity contribution >= 4 is 47.3 Å². The summed E-state index contributed by atoms with van der Waals surface area (Å²) in [6.45, 7) is 4.47. The first-order valence-corrected chi connectivity index (χ1v) is 33.7. The maximum Gasteiger partial charge on any atom is 0.242 e. The molecule has 0 bridgehead atoms. The van der Waals surface area contributed by atoms with E-state index in [0.29, 0.717) is 103 Å². The molecule has 4 aromatic rings.